The van der Waals surface area contributed by atoms with Crippen LogP contribution in [-0.4, -0.2) is 23.3 Å². The van der Waals surface area contributed by atoms with Gasteiger partial charge in [0.1, 0.15) is 0 Å². The van der Waals surface area contributed by atoms with Gasteiger partial charge in [-0.1, -0.05) is 34.1 Å². The maximum Gasteiger partial charge on any atom is 0.198 e. The molecule has 3 nitrogen and oxygen atoms in total. The number of nitrogens with zero attached hydrogens (tertiary/aromatic N) is 1. The molecule has 0 bridgehead atoms. The Morgan fingerprint density at radius 3 is 2.82 bits per heavy atom. The van der Waals surface area contributed by atoms with Gasteiger partial charge in [0.05, 0.1) is 5.69 Å². The topological polar surface area (TPSA) is 50.4 Å². The number of para-hydroxylation sites is 1. The van der Waals surface area contributed by atoms with Gasteiger partial charge in [-0.15, -0.1) is 23.5 Å². The van der Waals surface area contributed by atoms with E-state index in [4.69, 9.17) is 5.73 Å². The van der Waals surface area contributed by atoms with Gasteiger partial charge in [0.2, 0.25) is 0 Å². The quantitative estimate of drug-likeness (QED) is 0.314. The zero-order valence-electron chi connectivity index (χ0n) is 12.3. The molecule has 0 radical (unpaired) electrons. The van der Waals surface area contributed by atoms with Crippen molar-refractivity contribution in [3.05, 3.63) is 48.5 Å². The average molecular weight is 396 g/mol. The minimum Gasteiger partial charge on any atom is -0.369 e. The Morgan fingerprint density at radius 2 is 2.05 bits per heavy atom. The molecule has 2 aromatic carbocycles. The van der Waals surface area contributed by atoms with Crippen molar-refractivity contribution in [2.75, 3.05) is 22.7 Å². The Morgan fingerprint density at radius 1 is 1.23 bits per heavy atom. The molecular weight excluding hydrogens is 378 g/mol. The third-order valence-corrected chi connectivity index (χ3v) is 5.49. The summed E-state index contributed by atoms with van der Waals surface area (Å²) in [5.74, 6) is 1.39. The predicted octanol–water partition coefficient (Wildman–Crippen LogP) is 4.95. The summed E-state index contributed by atoms with van der Waals surface area (Å²) in [6.07, 6.45) is 2.05. The number of hydrogen-bond donors (Lipinski definition) is 2. The highest BCUT2D eigenvalue weighted by molar-refractivity contribution is 9.09. The minimum absolute atomic E-state index is 0.394. The number of hydrogen-bond acceptors (Lipinski definition) is 3. The number of thioether (sulfide) groups is 2. The van der Waals surface area contributed by atoms with Gasteiger partial charge in [0.15, 0.2) is 5.96 Å². The molecule has 0 aromatic heterocycles. The maximum absolute atomic E-state index is 6.04. The molecule has 6 heteroatoms. The molecule has 0 spiro atoms. The zero-order valence-corrected chi connectivity index (χ0v) is 15.5. The second-order valence-electron chi connectivity index (χ2n) is 4.36. The largest absolute Gasteiger partial charge is 0.369 e. The second-order valence-corrected chi connectivity index (χ2v) is 7.17. The van der Waals surface area contributed by atoms with Crippen LogP contribution >= 0.6 is 39.5 Å². The molecule has 0 heterocycles. The van der Waals surface area contributed by atoms with Gasteiger partial charge in [-0.2, -0.15) is 0 Å². The molecule has 0 amide bonds. The highest BCUT2D eigenvalue weighted by Crippen LogP contribution is 2.29. The smallest absolute Gasteiger partial charge is 0.198 e. The molecule has 0 saturated heterocycles. The van der Waals surface area contributed by atoms with Crippen LogP contribution in [0.1, 0.15) is 0 Å². The first kappa shape index (κ1) is 17.2. The summed E-state index contributed by atoms with van der Waals surface area (Å²) in [6, 6.07) is 16.1. The standard InChI is InChI=1S/C16H18BrN3S2/c1-21-13-6-4-5-12(11-13)19-16(18)20-14-7-2-3-8-15(14)22-10-9-17/h2-8,11H,9-10H2,1H3,(H3,18,19,20). The second kappa shape index (κ2) is 9.12. The highest BCUT2D eigenvalue weighted by atomic mass is 79.9. The predicted molar refractivity (Wildman–Crippen MR) is 104 cm³/mol. The van der Waals surface area contributed by atoms with E-state index in [1.54, 1.807) is 23.5 Å². The summed E-state index contributed by atoms with van der Waals surface area (Å²) in [6.45, 7) is 0. The molecular formula is C16H18BrN3S2. The Kier molecular flexibility index (Phi) is 7.15. The van der Waals surface area contributed by atoms with Crippen LogP contribution in [0.2, 0.25) is 0 Å². The lowest BCUT2D eigenvalue weighted by atomic mass is 10.3. The number of nitrogens with two attached hydrogens (primary N) is 1. The van der Waals surface area contributed by atoms with Crippen molar-refractivity contribution in [2.24, 2.45) is 10.7 Å². The molecule has 0 atom stereocenters. The Balaban J connectivity index is 2.14. The maximum atomic E-state index is 6.04. The van der Waals surface area contributed by atoms with E-state index in [0.717, 1.165) is 27.4 Å². The number of alkyl halides is 1. The molecule has 2 rings (SSSR count). The van der Waals surface area contributed by atoms with Crippen LogP contribution in [0.4, 0.5) is 11.4 Å². The minimum atomic E-state index is 0.394. The molecule has 116 valence electrons. The van der Waals surface area contributed by atoms with Crippen molar-refractivity contribution < 1.29 is 0 Å². The molecule has 0 unspecified atom stereocenters. The van der Waals surface area contributed by atoms with E-state index < -0.39 is 0 Å². The fraction of sp³-hybridized carbons (Fsp3) is 0.188. The fourth-order valence-corrected chi connectivity index (χ4v) is 3.51. The lowest BCUT2D eigenvalue weighted by Crippen LogP contribution is -2.21. The van der Waals surface area contributed by atoms with Gasteiger partial charge in [0, 0.05) is 26.6 Å². The molecule has 0 aliphatic heterocycles. The number of guanidine groups is 1. The molecule has 22 heavy (non-hydrogen) atoms. The van der Waals surface area contributed by atoms with Crippen LogP contribution in [0.3, 0.4) is 0 Å². The van der Waals surface area contributed by atoms with E-state index in [1.165, 1.54) is 4.90 Å². The van der Waals surface area contributed by atoms with E-state index in [-0.39, 0.29) is 0 Å². The summed E-state index contributed by atoms with van der Waals surface area (Å²) in [5.41, 5.74) is 7.87. The van der Waals surface area contributed by atoms with Crippen molar-refractivity contribution in [3.63, 3.8) is 0 Å². The molecule has 0 aliphatic rings. The van der Waals surface area contributed by atoms with Crippen molar-refractivity contribution in [3.8, 4) is 0 Å². The van der Waals surface area contributed by atoms with Gasteiger partial charge in [-0.05, 0) is 36.6 Å². The number of rotatable bonds is 6. The lowest BCUT2D eigenvalue weighted by molar-refractivity contribution is 1.34. The van der Waals surface area contributed by atoms with Gasteiger partial charge in [-0.25, -0.2) is 4.99 Å². The summed E-state index contributed by atoms with van der Waals surface area (Å²) < 4.78 is 0. The van der Waals surface area contributed by atoms with Crippen molar-refractivity contribution in [2.45, 2.75) is 9.79 Å². The van der Waals surface area contributed by atoms with Crippen molar-refractivity contribution in [1.29, 1.82) is 0 Å². The molecule has 2 aromatic rings. The number of aliphatic imine (C=N–C) groups is 1. The summed E-state index contributed by atoms with van der Waals surface area (Å²) in [7, 11) is 0. The van der Waals surface area contributed by atoms with Crippen LogP contribution in [0.15, 0.2) is 63.3 Å². The first-order valence-electron chi connectivity index (χ1n) is 6.76. The summed E-state index contributed by atoms with van der Waals surface area (Å²) in [4.78, 5) is 6.82. The van der Waals surface area contributed by atoms with E-state index in [9.17, 15) is 0 Å². The van der Waals surface area contributed by atoms with Gasteiger partial charge >= 0.3 is 0 Å². The van der Waals surface area contributed by atoms with Crippen LogP contribution < -0.4 is 11.1 Å². The third kappa shape index (κ3) is 5.26. The number of anilines is 1. The first-order valence-corrected chi connectivity index (χ1v) is 10.1. The van der Waals surface area contributed by atoms with Crippen LogP contribution in [-0.2, 0) is 0 Å². The van der Waals surface area contributed by atoms with E-state index >= 15 is 0 Å². The number of nitrogens with one attached hydrogen (secondary N) is 1. The van der Waals surface area contributed by atoms with Crippen molar-refractivity contribution >= 4 is 56.8 Å². The van der Waals surface area contributed by atoms with E-state index in [0.29, 0.717) is 5.96 Å². The normalized spacial score (nSPS) is 11.5. The Bertz CT molecular complexity index is 647. The van der Waals surface area contributed by atoms with Crippen molar-refractivity contribution in [1.82, 2.24) is 0 Å². The molecule has 0 saturated carbocycles. The van der Waals surface area contributed by atoms with Gasteiger partial charge in [0.25, 0.3) is 0 Å². The lowest BCUT2D eigenvalue weighted by Gasteiger charge is -2.08. The third-order valence-electron chi connectivity index (χ3n) is 2.78. The average Bonchev–Trinajstić information content (AvgIpc) is 2.54. The van der Waals surface area contributed by atoms with Gasteiger partial charge in [-0.3, -0.25) is 0 Å². The van der Waals surface area contributed by atoms with Crippen LogP contribution in [0.5, 0.6) is 0 Å². The number of benzene rings is 2. The van der Waals surface area contributed by atoms with E-state index in [1.807, 2.05) is 36.6 Å². The number of halogens is 1. The molecule has 0 aliphatic carbocycles. The summed E-state index contributed by atoms with van der Waals surface area (Å²) in [5, 5.41) is 4.09. The van der Waals surface area contributed by atoms with Gasteiger partial charge < -0.3 is 11.1 Å². The molecule has 0 fully saturated rings. The fourth-order valence-electron chi connectivity index (χ4n) is 1.83. The summed E-state index contributed by atoms with van der Waals surface area (Å²) >= 11 is 6.90. The molecule has 3 N–H and O–H groups in total. The zero-order chi connectivity index (χ0) is 15.8. The Hall–Kier alpha value is -1.11. The van der Waals surface area contributed by atoms with Crippen LogP contribution in [0, 0.1) is 0 Å². The first-order chi connectivity index (χ1) is 10.7. The van der Waals surface area contributed by atoms with Crippen LogP contribution in [0.25, 0.3) is 0 Å². The monoisotopic (exact) mass is 395 g/mol. The highest BCUT2D eigenvalue weighted by Gasteiger charge is 2.03. The SMILES string of the molecule is CSc1cccc(NC(N)=Nc2ccccc2SCCBr)c1. The van der Waals surface area contributed by atoms with E-state index in [2.05, 4.69) is 44.4 Å². The Labute approximate surface area is 148 Å².